The molecule has 1 aromatic carbocycles. The van der Waals surface area contributed by atoms with Crippen molar-refractivity contribution in [3.63, 3.8) is 0 Å². The van der Waals surface area contributed by atoms with Gasteiger partial charge in [-0.2, -0.15) is 0 Å². The maximum atomic E-state index is 13.2. The van der Waals surface area contributed by atoms with E-state index in [9.17, 15) is 4.39 Å². The van der Waals surface area contributed by atoms with E-state index in [0.29, 0.717) is 12.2 Å². The summed E-state index contributed by atoms with van der Waals surface area (Å²) in [5, 5.41) is 0.124. The molecule has 2 N–H and O–H groups in total. The second-order valence-electron chi connectivity index (χ2n) is 3.93. The van der Waals surface area contributed by atoms with Crippen molar-refractivity contribution < 1.29 is 9.13 Å². The monoisotopic (exact) mass is 245 g/mol. The molecule has 0 radical (unpaired) electrons. The zero-order chi connectivity index (χ0) is 12.1. The van der Waals surface area contributed by atoms with Crippen LogP contribution in [-0.2, 0) is 4.74 Å². The topological polar surface area (TPSA) is 35.2 Å². The minimum absolute atomic E-state index is 0.124. The van der Waals surface area contributed by atoms with E-state index in [0.717, 1.165) is 6.42 Å². The zero-order valence-electron chi connectivity index (χ0n) is 9.54. The van der Waals surface area contributed by atoms with Gasteiger partial charge in [-0.05, 0) is 24.0 Å². The molecule has 0 spiro atoms. The van der Waals surface area contributed by atoms with Crippen LogP contribution in [-0.4, -0.2) is 13.7 Å². The fraction of sp³-hybridized carbons (Fsp3) is 0.500. The smallest absolute Gasteiger partial charge is 0.142 e. The van der Waals surface area contributed by atoms with Crippen molar-refractivity contribution in [3.8, 4) is 0 Å². The molecule has 0 heterocycles. The van der Waals surface area contributed by atoms with Crippen LogP contribution in [0, 0.1) is 11.7 Å². The molecule has 0 aliphatic heterocycles. The predicted octanol–water partition coefficient (Wildman–Crippen LogP) is 3.15. The molecule has 1 aromatic rings. The first-order valence-electron chi connectivity index (χ1n) is 5.26. The second-order valence-corrected chi connectivity index (χ2v) is 4.31. The lowest BCUT2D eigenvalue weighted by Gasteiger charge is -2.21. The molecule has 1 rings (SSSR count). The Balaban J connectivity index is 2.79. The molecule has 4 heteroatoms. The second kappa shape index (κ2) is 6.18. The van der Waals surface area contributed by atoms with Crippen molar-refractivity contribution in [1.82, 2.24) is 0 Å². The third-order valence-electron chi connectivity index (χ3n) is 2.73. The van der Waals surface area contributed by atoms with Gasteiger partial charge in [0.05, 0.1) is 5.02 Å². The molecule has 0 saturated heterocycles. The van der Waals surface area contributed by atoms with Gasteiger partial charge in [0, 0.05) is 19.8 Å². The number of rotatable bonds is 5. The molecule has 2 unspecified atom stereocenters. The van der Waals surface area contributed by atoms with Gasteiger partial charge in [-0.15, -0.1) is 0 Å². The Morgan fingerprint density at radius 1 is 1.50 bits per heavy atom. The molecule has 0 fully saturated rings. The summed E-state index contributed by atoms with van der Waals surface area (Å²) < 4.78 is 18.2. The van der Waals surface area contributed by atoms with Gasteiger partial charge in [-0.25, -0.2) is 4.39 Å². The molecule has 2 nitrogen and oxygen atoms in total. The number of hydrogen-bond donors (Lipinski definition) is 1. The van der Waals surface area contributed by atoms with Crippen molar-refractivity contribution >= 4 is 11.6 Å². The molecular formula is C12H17ClFNO. The van der Waals surface area contributed by atoms with Crippen LogP contribution in [0.1, 0.15) is 24.9 Å². The highest BCUT2D eigenvalue weighted by Crippen LogP contribution is 2.29. The fourth-order valence-electron chi connectivity index (χ4n) is 1.57. The molecule has 0 aliphatic carbocycles. The highest BCUT2D eigenvalue weighted by molar-refractivity contribution is 6.31. The molecule has 16 heavy (non-hydrogen) atoms. The van der Waals surface area contributed by atoms with Gasteiger partial charge in [0.2, 0.25) is 0 Å². The third kappa shape index (κ3) is 3.17. The lowest BCUT2D eigenvalue weighted by molar-refractivity contribution is 0.174. The minimum Gasteiger partial charge on any atom is -0.385 e. The van der Waals surface area contributed by atoms with Crippen molar-refractivity contribution in [2.75, 3.05) is 13.7 Å². The standard InChI is InChI=1S/C12H17ClFNO/c1-8(6-7-16-2)12(15)9-4-3-5-10(14)11(9)13/h3-5,8,12H,6-7,15H2,1-2H3. The molecule has 0 saturated carbocycles. The molecule has 0 aliphatic rings. The van der Waals surface area contributed by atoms with Gasteiger partial charge < -0.3 is 10.5 Å². The Bertz CT molecular complexity index is 346. The van der Waals surface area contributed by atoms with Gasteiger partial charge in [0.25, 0.3) is 0 Å². The van der Waals surface area contributed by atoms with Crippen molar-refractivity contribution in [3.05, 3.63) is 34.6 Å². The minimum atomic E-state index is -0.423. The summed E-state index contributed by atoms with van der Waals surface area (Å²) in [6, 6.07) is 4.45. The number of nitrogens with two attached hydrogens (primary N) is 1. The van der Waals surface area contributed by atoms with E-state index in [1.165, 1.54) is 6.07 Å². The Morgan fingerprint density at radius 2 is 2.19 bits per heavy atom. The van der Waals surface area contributed by atoms with E-state index in [-0.39, 0.29) is 17.0 Å². The summed E-state index contributed by atoms with van der Waals surface area (Å²) in [5.41, 5.74) is 6.70. The van der Waals surface area contributed by atoms with Crippen LogP contribution in [0.2, 0.25) is 5.02 Å². The average molecular weight is 246 g/mol. The van der Waals surface area contributed by atoms with Crippen LogP contribution in [0.15, 0.2) is 18.2 Å². The van der Waals surface area contributed by atoms with Gasteiger partial charge in [-0.3, -0.25) is 0 Å². The van der Waals surface area contributed by atoms with Crippen molar-refractivity contribution in [1.29, 1.82) is 0 Å². The van der Waals surface area contributed by atoms with Gasteiger partial charge in [-0.1, -0.05) is 30.7 Å². The first-order chi connectivity index (χ1) is 7.57. The Labute approximate surface area is 101 Å². The largest absolute Gasteiger partial charge is 0.385 e. The Hall–Kier alpha value is -0.640. The molecular weight excluding hydrogens is 229 g/mol. The third-order valence-corrected chi connectivity index (χ3v) is 3.13. The molecule has 0 amide bonds. The number of halogens is 2. The maximum Gasteiger partial charge on any atom is 0.142 e. The predicted molar refractivity (Wildman–Crippen MR) is 64.0 cm³/mol. The first-order valence-corrected chi connectivity index (χ1v) is 5.64. The van der Waals surface area contributed by atoms with Crippen molar-refractivity contribution in [2.24, 2.45) is 11.7 Å². The zero-order valence-corrected chi connectivity index (χ0v) is 10.3. The van der Waals surface area contributed by atoms with E-state index in [1.807, 2.05) is 6.92 Å². The lowest BCUT2D eigenvalue weighted by Crippen LogP contribution is -2.21. The first kappa shape index (κ1) is 13.4. The summed E-state index contributed by atoms with van der Waals surface area (Å²) in [4.78, 5) is 0. The molecule has 0 bridgehead atoms. The average Bonchev–Trinajstić information content (AvgIpc) is 2.28. The SMILES string of the molecule is COCCC(C)C(N)c1cccc(F)c1Cl. The summed E-state index contributed by atoms with van der Waals surface area (Å²) in [5.74, 6) is -0.229. The number of methoxy groups -OCH3 is 1. The summed E-state index contributed by atoms with van der Waals surface area (Å²) in [6.07, 6.45) is 0.824. The Morgan fingerprint density at radius 3 is 2.81 bits per heavy atom. The van der Waals surface area contributed by atoms with Gasteiger partial charge in [0.15, 0.2) is 0 Å². The van der Waals surface area contributed by atoms with E-state index >= 15 is 0 Å². The molecule has 2 atom stereocenters. The lowest BCUT2D eigenvalue weighted by atomic mass is 9.93. The van der Waals surface area contributed by atoms with Crippen molar-refractivity contribution in [2.45, 2.75) is 19.4 Å². The summed E-state index contributed by atoms with van der Waals surface area (Å²) in [6.45, 7) is 2.65. The van der Waals surface area contributed by atoms with Crippen LogP contribution < -0.4 is 5.73 Å². The van der Waals surface area contributed by atoms with Crippen LogP contribution in [0.25, 0.3) is 0 Å². The molecule has 90 valence electrons. The van der Waals surface area contributed by atoms with E-state index in [4.69, 9.17) is 22.1 Å². The highest BCUT2D eigenvalue weighted by atomic mass is 35.5. The number of ether oxygens (including phenoxy) is 1. The molecule has 0 aromatic heterocycles. The van der Waals surface area contributed by atoms with Crippen LogP contribution in [0.5, 0.6) is 0 Å². The fourth-order valence-corrected chi connectivity index (χ4v) is 1.82. The highest BCUT2D eigenvalue weighted by Gasteiger charge is 2.18. The maximum absolute atomic E-state index is 13.2. The van der Waals surface area contributed by atoms with Crippen LogP contribution >= 0.6 is 11.6 Å². The van der Waals surface area contributed by atoms with E-state index < -0.39 is 5.82 Å². The normalized spacial score (nSPS) is 14.8. The van der Waals surface area contributed by atoms with Gasteiger partial charge in [0.1, 0.15) is 5.82 Å². The summed E-state index contributed by atoms with van der Waals surface area (Å²) >= 11 is 5.88. The quantitative estimate of drug-likeness (QED) is 0.865. The van der Waals surface area contributed by atoms with Gasteiger partial charge >= 0.3 is 0 Å². The summed E-state index contributed by atoms with van der Waals surface area (Å²) in [7, 11) is 1.65. The van der Waals surface area contributed by atoms with Crippen LogP contribution in [0.3, 0.4) is 0 Å². The van der Waals surface area contributed by atoms with E-state index in [2.05, 4.69) is 0 Å². The number of benzene rings is 1. The van der Waals surface area contributed by atoms with Crippen LogP contribution in [0.4, 0.5) is 4.39 Å². The van der Waals surface area contributed by atoms with E-state index in [1.54, 1.807) is 19.2 Å². The Kier molecular flexibility index (Phi) is 5.19. The number of hydrogen-bond acceptors (Lipinski definition) is 2.